The van der Waals surface area contributed by atoms with E-state index in [0.29, 0.717) is 6.42 Å². The predicted molar refractivity (Wildman–Crippen MR) is 66.9 cm³/mol. The molecule has 88 valence electrons. The van der Waals surface area contributed by atoms with Gasteiger partial charge in [0.25, 0.3) is 0 Å². The lowest BCUT2D eigenvalue weighted by Crippen LogP contribution is -2.26. The fourth-order valence-corrected chi connectivity index (χ4v) is 1.87. The van der Waals surface area contributed by atoms with Crippen molar-refractivity contribution in [2.75, 3.05) is 0 Å². The molecule has 3 heteroatoms. The summed E-state index contributed by atoms with van der Waals surface area (Å²) in [6, 6.07) is 9.68. The average molecular weight is 229 g/mol. The van der Waals surface area contributed by atoms with Gasteiger partial charge in [-0.3, -0.25) is 9.78 Å². The molecule has 2 aromatic rings. The highest BCUT2D eigenvalue weighted by Gasteiger charge is 2.27. The zero-order chi connectivity index (χ0) is 12.5. The summed E-state index contributed by atoms with van der Waals surface area (Å²) in [7, 11) is 0. The van der Waals surface area contributed by atoms with Crippen LogP contribution in [0.25, 0.3) is 10.9 Å². The molecule has 1 heterocycles. The van der Waals surface area contributed by atoms with Crippen LogP contribution >= 0.6 is 0 Å². The third-order valence-electron chi connectivity index (χ3n) is 2.95. The molecule has 0 spiro atoms. The van der Waals surface area contributed by atoms with Crippen LogP contribution in [0.5, 0.6) is 0 Å². The molecule has 2 rings (SSSR count). The molecule has 17 heavy (non-hydrogen) atoms. The number of aromatic nitrogens is 1. The maximum atomic E-state index is 11.1. The van der Waals surface area contributed by atoms with Gasteiger partial charge in [-0.1, -0.05) is 18.2 Å². The van der Waals surface area contributed by atoms with Gasteiger partial charge in [0.2, 0.25) is 0 Å². The van der Waals surface area contributed by atoms with Crippen molar-refractivity contribution in [2.45, 2.75) is 20.3 Å². The van der Waals surface area contributed by atoms with E-state index in [1.54, 1.807) is 20.0 Å². The van der Waals surface area contributed by atoms with Crippen molar-refractivity contribution in [1.82, 2.24) is 4.98 Å². The van der Waals surface area contributed by atoms with Gasteiger partial charge >= 0.3 is 5.97 Å². The van der Waals surface area contributed by atoms with Crippen LogP contribution in [0.15, 0.2) is 36.5 Å². The molecule has 0 unspecified atom stereocenters. The molecule has 1 aromatic carbocycles. The first-order chi connectivity index (χ1) is 8.00. The van der Waals surface area contributed by atoms with Gasteiger partial charge in [-0.05, 0) is 38.0 Å². The van der Waals surface area contributed by atoms with Crippen molar-refractivity contribution in [1.29, 1.82) is 0 Å². The molecule has 0 aliphatic heterocycles. The monoisotopic (exact) mass is 229 g/mol. The molecule has 1 aromatic heterocycles. The summed E-state index contributed by atoms with van der Waals surface area (Å²) >= 11 is 0. The summed E-state index contributed by atoms with van der Waals surface area (Å²) in [5.41, 5.74) is 1.18. The standard InChI is InChI=1S/C14H15NO2/c1-14(2,13(16)17)9-10-5-3-7-12-11(10)6-4-8-15-12/h3-8H,9H2,1-2H3,(H,16,17). The summed E-state index contributed by atoms with van der Waals surface area (Å²) in [5.74, 6) is -0.779. The highest BCUT2D eigenvalue weighted by molar-refractivity contribution is 5.83. The molecule has 0 saturated heterocycles. The van der Waals surface area contributed by atoms with Crippen molar-refractivity contribution in [3.63, 3.8) is 0 Å². The summed E-state index contributed by atoms with van der Waals surface area (Å²) in [6.45, 7) is 3.48. The van der Waals surface area contributed by atoms with E-state index in [9.17, 15) is 4.79 Å². The Kier molecular flexibility index (Phi) is 2.84. The average Bonchev–Trinajstić information content (AvgIpc) is 2.29. The second-order valence-corrected chi connectivity index (χ2v) is 4.85. The highest BCUT2D eigenvalue weighted by Crippen LogP contribution is 2.26. The Morgan fingerprint density at radius 1 is 1.29 bits per heavy atom. The minimum absolute atomic E-state index is 0.505. The first-order valence-electron chi connectivity index (χ1n) is 5.57. The van der Waals surface area contributed by atoms with E-state index in [4.69, 9.17) is 5.11 Å². The maximum Gasteiger partial charge on any atom is 0.309 e. The molecule has 0 atom stereocenters. The second-order valence-electron chi connectivity index (χ2n) is 4.85. The van der Waals surface area contributed by atoms with Crippen LogP contribution in [0.2, 0.25) is 0 Å². The van der Waals surface area contributed by atoms with Crippen molar-refractivity contribution < 1.29 is 9.90 Å². The largest absolute Gasteiger partial charge is 0.481 e. The Labute approximate surface area is 100 Å². The zero-order valence-corrected chi connectivity index (χ0v) is 9.97. The smallest absolute Gasteiger partial charge is 0.309 e. The molecule has 0 radical (unpaired) electrons. The highest BCUT2D eigenvalue weighted by atomic mass is 16.4. The van der Waals surface area contributed by atoms with Gasteiger partial charge in [0, 0.05) is 11.6 Å². The van der Waals surface area contributed by atoms with Crippen LogP contribution in [0.4, 0.5) is 0 Å². The quantitative estimate of drug-likeness (QED) is 0.880. The lowest BCUT2D eigenvalue weighted by molar-refractivity contribution is -0.146. The van der Waals surface area contributed by atoms with Gasteiger partial charge in [-0.2, -0.15) is 0 Å². The third kappa shape index (κ3) is 2.28. The van der Waals surface area contributed by atoms with E-state index in [1.807, 2.05) is 30.3 Å². The Morgan fingerprint density at radius 2 is 2.06 bits per heavy atom. The summed E-state index contributed by atoms with van der Waals surface area (Å²) in [5, 5.41) is 10.2. The maximum absolute atomic E-state index is 11.1. The number of aliphatic carboxylic acids is 1. The second kappa shape index (κ2) is 4.17. The van der Waals surface area contributed by atoms with Gasteiger partial charge in [-0.25, -0.2) is 0 Å². The van der Waals surface area contributed by atoms with E-state index in [1.165, 1.54) is 0 Å². The summed E-state index contributed by atoms with van der Waals surface area (Å²) in [6.07, 6.45) is 2.25. The minimum atomic E-state index is -0.779. The van der Waals surface area contributed by atoms with E-state index in [-0.39, 0.29) is 0 Å². The normalized spacial score (nSPS) is 11.6. The van der Waals surface area contributed by atoms with Crippen LogP contribution in [0.3, 0.4) is 0 Å². The minimum Gasteiger partial charge on any atom is -0.481 e. The number of carboxylic acids is 1. The molecule has 0 saturated carbocycles. The molecule has 0 bridgehead atoms. The number of pyridine rings is 1. The number of hydrogen-bond donors (Lipinski definition) is 1. The first kappa shape index (κ1) is 11.6. The fourth-order valence-electron chi connectivity index (χ4n) is 1.87. The Morgan fingerprint density at radius 3 is 2.76 bits per heavy atom. The number of hydrogen-bond acceptors (Lipinski definition) is 2. The fraction of sp³-hybridized carbons (Fsp3) is 0.286. The van der Waals surface area contributed by atoms with Gasteiger partial charge < -0.3 is 5.11 Å². The number of carboxylic acid groups (broad SMARTS) is 1. The lowest BCUT2D eigenvalue weighted by atomic mass is 9.85. The summed E-state index contributed by atoms with van der Waals surface area (Å²) < 4.78 is 0. The van der Waals surface area contributed by atoms with E-state index in [2.05, 4.69) is 4.98 Å². The predicted octanol–water partition coefficient (Wildman–Crippen LogP) is 2.89. The number of fused-ring (bicyclic) bond motifs is 1. The molecule has 1 N–H and O–H groups in total. The number of rotatable bonds is 3. The number of benzene rings is 1. The van der Waals surface area contributed by atoms with Gasteiger partial charge in [0.1, 0.15) is 0 Å². The number of nitrogens with zero attached hydrogens (tertiary/aromatic N) is 1. The molecule has 3 nitrogen and oxygen atoms in total. The Hall–Kier alpha value is -1.90. The molecule has 0 aliphatic rings. The van der Waals surface area contributed by atoms with E-state index >= 15 is 0 Å². The van der Waals surface area contributed by atoms with Crippen LogP contribution < -0.4 is 0 Å². The van der Waals surface area contributed by atoms with Gasteiger partial charge in [0.15, 0.2) is 0 Å². The Balaban J connectivity index is 2.46. The summed E-state index contributed by atoms with van der Waals surface area (Å²) in [4.78, 5) is 15.4. The molecular formula is C14H15NO2. The van der Waals surface area contributed by atoms with Gasteiger partial charge in [-0.15, -0.1) is 0 Å². The van der Waals surface area contributed by atoms with E-state index in [0.717, 1.165) is 16.5 Å². The zero-order valence-electron chi connectivity index (χ0n) is 9.97. The topological polar surface area (TPSA) is 50.2 Å². The van der Waals surface area contributed by atoms with E-state index < -0.39 is 11.4 Å². The molecule has 0 fully saturated rings. The van der Waals surface area contributed by atoms with Crippen molar-refractivity contribution in [2.24, 2.45) is 5.41 Å². The molecule has 0 amide bonds. The number of carbonyl (C=O) groups is 1. The van der Waals surface area contributed by atoms with Crippen molar-refractivity contribution in [3.8, 4) is 0 Å². The molecule has 0 aliphatic carbocycles. The van der Waals surface area contributed by atoms with Crippen molar-refractivity contribution >= 4 is 16.9 Å². The Bertz CT molecular complexity index is 556. The third-order valence-corrected chi connectivity index (χ3v) is 2.95. The van der Waals surface area contributed by atoms with Crippen LogP contribution in [-0.4, -0.2) is 16.1 Å². The van der Waals surface area contributed by atoms with Crippen molar-refractivity contribution in [3.05, 3.63) is 42.1 Å². The first-order valence-corrected chi connectivity index (χ1v) is 5.57. The molecular weight excluding hydrogens is 214 g/mol. The van der Waals surface area contributed by atoms with Crippen LogP contribution in [0, 0.1) is 5.41 Å². The lowest BCUT2D eigenvalue weighted by Gasteiger charge is -2.19. The van der Waals surface area contributed by atoms with Crippen LogP contribution in [0.1, 0.15) is 19.4 Å². The van der Waals surface area contributed by atoms with Gasteiger partial charge in [0.05, 0.1) is 10.9 Å². The SMILES string of the molecule is CC(C)(Cc1cccc2ncccc12)C(=O)O. The van der Waals surface area contributed by atoms with Crippen LogP contribution in [-0.2, 0) is 11.2 Å².